The Morgan fingerprint density at radius 1 is 0.416 bits per heavy atom. The number of alkyl halides is 2. The standard InChI is InChI=1S/C27H34N2O10S.C17H20N2O5S.C13H22O6.C10H15ClO5.C8H14O4.C7H13NO4.C5H10O3.C2H2Cl2O/c1-4-6-14-29-22-15-19(16-23(40(28,34)35)25(22)39-21-10-8-7-9-11-21)27(33)37-17-20(30)12-13-24(31)38-18(3)26(32)36-5-2;1-2-3-9-19-14-10-12(17(20)21)11-15(25(18,22)23)16(14)24-13-7-5-4-6-8-13;1-6-17-12(16)9(2)18-10(14)7-8-11(15)19-13(3,4)5;1-3-15-10(14)7(2)16-9(13)5-4-8(12)6-11;1-8(2,3)12-7(11)5-4-6(9)10;1-3-11-7(10)5(2)12-6(9)4-8;1-3-8-5(7)4(2)6;3-1-2(4)5/h7-11,15-16,18,29H,4-6,12-14,17H2,1-3H3,(H2,28,34,35);4-8,10-11,19H,2-3,9H2,1H3,(H,20,21)(H2,18,22,23);9H,6-8H2,1-5H3;7H,3-6H2,1-2H3;4-5H2,1-3H3,(H,9,10);5H,3-4,8H2,1-2H3;4,6H,3H2,1-2H3;1H2/t18-;;9-;7-;;5-;4-;/m0.00.00./s1. The molecule has 0 bridgehead atoms. The second-order valence-electron chi connectivity index (χ2n) is 29.5. The molecule has 0 spiro atoms. The van der Waals surface area contributed by atoms with Gasteiger partial charge in [-0.25, -0.2) is 60.7 Å². The Morgan fingerprint density at radius 3 is 1.01 bits per heavy atom. The van der Waals surface area contributed by atoms with Crippen LogP contribution in [0, 0.1) is 0 Å². The molecule has 137 heavy (non-hydrogen) atoms. The lowest BCUT2D eigenvalue weighted by Gasteiger charge is -2.19. The van der Waals surface area contributed by atoms with E-state index in [9.17, 15) is 103 Å². The van der Waals surface area contributed by atoms with Crippen LogP contribution in [-0.2, 0) is 149 Å². The maximum absolute atomic E-state index is 12.8. The molecule has 48 heteroatoms. The minimum absolute atomic E-state index is 0.0187. The highest BCUT2D eigenvalue weighted by atomic mass is 35.5. The number of nitrogens with one attached hydrogen (secondary N) is 2. The molecule has 0 unspecified atom stereocenters. The topological polar surface area (TPSA) is 651 Å². The molecule has 0 aliphatic heterocycles. The summed E-state index contributed by atoms with van der Waals surface area (Å²) in [5.74, 6) is -10.3. The predicted octanol–water partition coefficient (Wildman–Crippen LogP) is 10.6. The van der Waals surface area contributed by atoms with Gasteiger partial charge in [-0.3, -0.25) is 47.9 Å². The van der Waals surface area contributed by atoms with Crippen molar-refractivity contribution >= 4 is 167 Å². The number of primary sulfonamides is 2. The van der Waals surface area contributed by atoms with Crippen LogP contribution in [-0.4, -0.2) is 245 Å². The first-order valence-electron chi connectivity index (χ1n) is 42.6. The van der Waals surface area contributed by atoms with Gasteiger partial charge in [0, 0.05) is 25.9 Å². The first-order valence-corrected chi connectivity index (χ1v) is 47.1. The lowest BCUT2D eigenvalue weighted by Crippen LogP contribution is -2.29. The van der Waals surface area contributed by atoms with Crippen molar-refractivity contribution in [3.05, 3.63) is 96.1 Å². The fourth-order valence-electron chi connectivity index (χ4n) is 8.91. The number of aromatic carboxylic acids is 1. The van der Waals surface area contributed by atoms with Gasteiger partial charge in [-0.2, -0.15) is 0 Å². The van der Waals surface area contributed by atoms with Crippen LogP contribution in [0.1, 0.15) is 222 Å². The van der Waals surface area contributed by atoms with Crippen molar-refractivity contribution in [1.29, 1.82) is 0 Å². The molecule has 0 amide bonds. The van der Waals surface area contributed by atoms with Gasteiger partial charge in [0.05, 0.1) is 112 Å². The Hall–Kier alpha value is -11.7. The van der Waals surface area contributed by atoms with E-state index in [0.29, 0.717) is 31.2 Å². The van der Waals surface area contributed by atoms with Crippen molar-refractivity contribution in [3.63, 3.8) is 0 Å². The van der Waals surface area contributed by atoms with Gasteiger partial charge in [0.15, 0.2) is 41.7 Å². The molecule has 0 heterocycles. The Bertz CT molecular complexity index is 4700. The molecular weight excluding hydrogens is 1920 g/mol. The van der Waals surface area contributed by atoms with Crippen LogP contribution >= 0.6 is 34.8 Å². The summed E-state index contributed by atoms with van der Waals surface area (Å²) in [5, 5.41) is 42.3. The molecule has 11 N–H and O–H groups in total. The number of carboxylic acid groups (broad SMARTS) is 2. The van der Waals surface area contributed by atoms with Crippen LogP contribution in [0.25, 0.3) is 0 Å². The van der Waals surface area contributed by atoms with Crippen molar-refractivity contribution < 1.29 is 180 Å². The quantitative estimate of drug-likeness (QED) is 0.00669. The van der Waals surface area contributed by atoms with Crippen LogP contribution in [0.5, 0.6) is 23.0 Å². The number of carbonyl (C=O) groups excluding carboxylic acids is 15. The summed E-state index contributed by atoms with van der Waals surface area (Å²) in [6, 6.07) is 21.7. The summed E-state index contributed by atoms with van der Waals surface area (Å²) in [7, 11) is -8.55. The van der Waals surface area contributed by atoms with Gasteiger partial charge >= 0.3 is 83.6 Å². The second-order valence-corrected chi connectivity index (χ2v) is 33.5. The number of Topliss-reactive ketones (excluding diaryl/α,β-unsaturated/α-hetero) is 2. The molecule has 4 rings (SSSR count). The molecule has 4 aromatic rings. The molecule has 0 saturated heterocycles. The number of carbonyl (C=O) groups is 17. The predicted molar refractivity (Wildman–Crippen MR) is 497 cm³/mol. The Labute approximate surface area is 812 Å². The van der Waals surface area contributed by atoms with Crippen molar-refractivity contribution in [2.24, 2.45) is 16.0 Å². The van der Waals surface area contributed by atoms with E-state index in [1.54, 1.807) is 137 Å². The number of hydrogen-bond acceptors (Lipinski definition) is 39. The highest BCUT2D eigenvalue weighted by Crippen LogP contribution is 2.39. The number of esters is 12. The van der Waals surface area contributed by atoms with Gasteiger partial charge in [-0.05, 0) is 184 Å². The molecule has 0 saturated carbocycles. The van der Waals surface area contributed by atoms with Crippen LogP contribution in [0.4, 0.5) is 11.4 Å². The van der Waals surface area contributed by atoms with Crippen LogP contribution in [0.2, 0.25) is 0 Å². The summed E-state index contributed by atoms with van der Waals surface area (Å²) in [4.78, 5) is 188. The minimum Gasteiger partial charge on any atom is -0.481 e. The van der Waals surface area contributed by atoms with E-state index in [-0.39, 0.29) is 141 Å². The number of nitrogens with two attached hydrogens (primary N) is 3. The molecule has 43 nitrogen and oxygen atoms in total. The summed E-state index contributed by atoms with van der Waals surface area (Å²) >= 11 is 14.8. The number of rotatable bonds is 47. The number of para-hydroxylation sites is 2. The third-order valence-electron chi connectivity index (χ3n) is 15.1. The van der Waals surface area contributed by atoms with Gasteiger partial charge in [0.25, 0.3) is 0 Å². The van der Waals surface area contributed by atoms with E-state index in [1.807, 2.05) is 13.8 Å². The number of aliphatic hydroxyl groups is 1. The SMILES string of the molecule is CC(C)(C)OC(=O)CCC(=O)O.CCCCNc1cc(C(=O)O)cc(S(N)(=O)=O)c1Oc1ccccc1.CCCCNc1cc(C(=O)OCC(=O)CCC(=O)O[C@@H](C)C(=O)OCC)cc(S(N)(=O)=O)c1Oc1ccccc1.CCOC(=O)[C@H](C)O.CCOC(=O)[C@H](C)OC(=O)CCC(=O)CCl.CCOC(=O)[C@H](C)OC(=O)CCC(=O)OC(C)(C)C.CCOC(=O)[C@H](C)OC(=O)CN.O=C(Cl)CCl. The number of ketones is 2. The Kier molecular flexibility index (Phi) is 69.7. The smallest absolute Gasteiger partial charge is 0.347 e. The highest BCUT2D eigenvalue weighted by Gasteiger charge is 2.29. The zero-order valence-electron chi connectivity index (χ0n) is 80.0. The van der Waals surface area contributed by atoms with E-state index in [2.05, 4.69) is 34.3 Å². The first kappa shape index (κ1) is 132. The molecule has 4 aromatic carbocycles. The third kappa shape index (κ3) is 67.2. The molecule has 0 aliphatic rings. The zero-order valence-corrected chi connectivity index (χ0v) is 83.9. The number of ether oxygens (including phenoxy) is 14. The van der Waals surface area contributed by atoms with Gasteiger partial charge in [-0.1, -0.05) is 63.1 Å². The third-order valence-corrected chi connectivity index (χ3v) is 17.7. The second kappa shape index (κ2) is 72.6. The Morgan fingerprint density at radius 2 is 0.723 bits per heavy atom. The molecule has 0 aliphatic carbocycles. The average molecular weight is 2050 g/mol. The zero-order chi connectivity index (χ0) is 106. The number of halogens is 3. The molecule has 772 valence electrons. The lowest BCUT2D eigenvalue weighted by atomic mass is 10.1. The largest absolute Gasteiger partial charge is 0.481 e. The van der Waals surface area contributed by atoms with E-state index in [1.165, 1.54) is 46.8 Å². The van der Waals surface area contributed by atoms with E-state index in [4.69, 9.17) is 104 Å². The summed E-state index contributed by atoms with van der Waals surface area (Å²) < 4.78 is 118. The van der Waals surface area contributed by atoms with E-state index < -0.39 is 168 Å². The lowest BCUT2D eigenvalue weighted by molar-refractivity contribution is -0.167. The number of anilines is 2. The Balaban J connectivity index is -0.000000793. The summed E-state index contributed by atoms with van der Waals surface area (Å²) in [6.07, 6.45) is -2.69. The molecular formula is C89H130Cl3N5O38S2. The molecule has 0 fully saturated rings. The van der Waals surface area contributed by atoms with E-state index >= 15 is 0 Å². The van der Waals surface area contributed by atoms with Gasteiger partial charge in [-0.15, -0.1) is 23.2 Å². The minimum atomic E-state index is -4.36. The summed E-state index contributed by atoms with van der Waals surface area (Å²) in [5.41, 5.74) is 3.94. The fraction of sp³-hybridized carbons (Fsp3) is 0.539. The monoisotopic (exact) mass is 2050 g/mol. The number of aliphatic carboxylic acids is 1. The van der Waals surface area contributed by atoms with E-state index in [0.717, 1.165) is 37.8 Å². The van der Waals surface area contributed by atoms with Crippen LogP contribution in [0.3, 0.4) is 0 Å². The number of carboxylic acids is 2. The first-order chi connectivity index (χ1) is 63.8. The number of hydrogen-bond donors (Lipinski definition) is 8. The van der Waals surface area contributed by atoms with Crippen molar-refractivity contribution in [2.75, 3.05) is 81.7 Å². The number of sulfonamides is 2. The van der Waals surface area contributed by atoms with Gasteiger partial charge in [0.1, 0.15) is 51.0 Å². The average Bonchev–Trinajstić information content (AvgIpc) is 0.789. The van der Waals surface area contributed by atoms with Crippen molar-refractivity contribution in [2.45, 2.75) is 253 Å². The number of aliphatic hydroxyl groups excluding tert-OH is 1. The normalized spacial score (nSPS) is 11.6. The molecule has 0 aromatic heterocycles. The number of unbranched alkanes of at least 4 members (excludes halogenated alkanes) is 2. The fourth-order valence-corrected chi connectivity index (χ4v) is 10.4. The maximum Gasteiger partial charge on any atom is 0.347 e. The van der Waals surface area contributed by atoms with Crippen LogP contribution in [0.15, 0.2) is 94.7 Å². The maximum atomic E-state index is 12.8. The summed E-state index contributed by atoms with van der Waals surface area (Å²) in [6.45, 7) is 31.0. The van der Waals surface area contributed by atoms with Crippen molar-refractivity contribution in [1.82, 2.24) is 0 Å². The van der Waals surface area contributed by atoms with Crippen LogP contribution < -0.4 is 36.1 Å². The number of benzene rings is 4. The van der Waals surface area contributed by atoms with Gasteiger partial charge < -0.3 is 98.0 Å². The van der Waals surface area contributed by atoms with Gasteiger partial charge in [0.2, 0.25) is 25.3 Å². The highest BCUT2D eigenvalue weighted by molar-refractivity contribution is 7.89. The van der Waals surface area contributed by atoms with Crippen molar-refractivity contribution in [3.8, 4) is 23.0 Å². The molecule has 5 atom stereocenters. The molecule has 0 radical (unpaired) electrons.